The maximum atomic E-state index is 13.6. The Morgan fingerprint density at radius 3 is 3.00 bits per heavy atom. The van der Waals surface area contributed by atoms with Crippen molar-refractivity contribution in [3.63, 3.8) is 0 Å². The van der Waals surface area contributed by atoms with Crippen molar-refractivity contribution in [2.75, 3.05) is 26.8 Å². The summed E-state index contributed by atoms with van der Waals surface area (Å²) in [6.45, 7) is 1.40. The molecule has 1 fully saturated rings. The molecule has 1 amide bonds. The third-order valence-corrected chi connectivity index (χ3v) is 4.25. The molecule has 0 aliphatic carbocycles. The Labute approximate surface area is 140 Å². The normalized spacial score (nSPS) is 17.8. The number of hydrogen-bond donors (Lipinski definition) is 0. The fourth-order valence-electron chi connectivity index (χ4n) is 3.15. The SMILES string of the molecule is COCC(=O)N1CCC[C@@H](c2nccnc2-c2cccc(F)c2)C1. The van der Waals surface area contributed by atoms with Gasteiger partial charge in [0, 0.05) is 44.1 Å². The number of aromatic nitrogens is 2. The van der Waals surface area contributed by atoms with E-state index in [1.165, 1.54) is 19.2 Å². The first kappa shape index (κ1) is 16.5. The van der Waals surface area contributed by atoms with Crippen molar-refractivity contribution in [1.29, 1.82) is 0 Å². The van der Waals surface area contributed by atoms with E-state index in [1.807, 2.05) is 11.0 Å². The van der Waals surface area contributed by atoms with Crippen LogP contribution in [0.5, 0.6) is 0 Å². The van der Waals surface area contributed by atoms with Crippen molar-refractivity contribution in [3.8, 4) is 11.3 Å². The number of rotatable bonds is 4. The molecule has 0 N–H and O–H groups in total. The van der Waals surface area contributed by atoms with Crippen molar-refractivity contribution in [1.82, 2.24) is 14.9 Å². The predicted molar refractivity (Wildman–Crippen MR) is 87.9 cm³/mol. The third-order valence-electron chi connectivity index (χ3n) is 4.25. The number of halogens is 1. The second-order valence-electron chi connectivity index (χ2n) is 5.91. The van der Waals surface area contributed by atoms with Gasteiger partial charge in [0.05, 0.1) is 11.4 Å². The maximum Gasteiger partial charge on any atom is 0.248 e. The average molecular weight is 329 g/mol. The molecule has 1 aliphatic heterocycles. The van der Waals surface area contributed by atoms with Gasteiger partial charge in [-0.3, -0.25) is 14.8 Å². The summed E-state index contributed by atoms with van der Waals surface area (Å²) in [6.07, 6.45) is 5.09. The van der Waals surface area contributed by atoms with Gasteiger partial charge in [-0.25, -0.2) is 4.39 Å². The predicted octanol–water partition coefficient (Wildman–Crippen LogP) is 2.64. The molecule has 0 radical (unpaired) electrons. The van der Waals surface area contributed by atoms with Gasteiger partial charge in [-0.05, 0) is 25.0 Å². The molecule has 5 nitrogen and oxygen atoms in total. The van der Waals surface area contributed by atoms with Crippen molar-refractivity contribution in [3.05, 3.63) is 48.2 Å². The number of ether oxygens (including phenoxy) is 1. The highest BCUT2D eigenvalue weighted by Gasteiger charge is 2.27. The summed E-state index contributed by atoms with van der Waals surface area (Å²) in [5.41, 5.74) is 2.21. The zero-order chi connectivity index (χ0) is 16.9. The summed E-state index contributed by atoms with van der Waals surface area (Å²) in [4.78, 5) is 22.8. The molecule has 3 rings (SSSR count). The number of carbonyl (C=O) groups is 1. The average Bonchev–Trinajstić information content (AvgIpc) is 2.62. The lowest BCUT2D eigenvalue weighted by atomic mass is 9.91. The Morgan fingerprint density at radius 1 is 1.38 bits per heavy atom. The highest BCUT2D eigenvalue weighted by Crippen LogP contribution is 2.31. The summed E-state index contributed by atoms with van der Waals surface area (Å²) < 4.78 is 18.5. The second kappa shape index (κ2) is 7.49. The van der Waals surface area contributed by atoms with E-state index in [1.54, 1.807) is 18.5 Å². The van der Waals surface area contributed by atoms with Crippen molar-refractivity contribution < 1.29 is 13.9 Å². The number of hydrogen-bond acceptors (Lipinski definition) is 4. The van der Waals surface area contributed by atoms with Gasteiger partial charge >= 0.3 is 0 Å². The van der Waals surface area contributed by atoms with Crippen LogP contribution in [-0.2, 0) is 9.53 Å². The molecule has 0 spiro atoms. The minimum absolute atomic E-state index is 0.0154. The van der Waals surface area contributed by atoms with Gasteiger partial charge in [-0.15, -0.1) is 0 Å². The van der Waals surface area contributed by atoms with Gasteiger partial charge in [0.2, 0.25) is 5.91 Å². The zero-order valence-electron chi connectivity index (χ0n) is 13.6. The number of piperidine rings is 1. The fraction of sp³-hybridized carbons (Fsp3) is 0.389. The van der Waals surface area contributed by atoms with Crippen LogP contribution in [-0.4, -0.2) is 47.6 Å². The topological polar surface area (TPSA) is 55.3 Å². The van der Waals surface area contributed by atoms with Crippen LogP contribution in [0.15, 0.2) is 36.7 Å². The monoisotopic (exact) mass is 329 g/mol. The molecular formula is C18H20FN3O2. The highest BCUT2D eigenvalue weighted by molar-refractivity contribution is 5.77. The molecule has 2 heterocycles. The number of nitrogens with zero attached hydrogens (tertiary/aromatic N) is 3. The Bertz CT molecular complexity index is 723. The molecule has 0 unspecified atom stereocenters. The molecule has 126 valence electrons. The second-order valence-corrected chi connectivity index (χ2v) is 5.91. The molecule has 0 bridgehead atoms. The van der Waals surface area contributed by atoms with Gasteiger partial charge in [0.15, 0.2) is 0 Å². The Kier molecular flexibility index (Phi) is 5.15. The van der Waals surface area contributed by atoms with Crippen LogP contribution in [0.1, 0.15) is 24.5 Å². The van der Waals surface area contributed by atoms with Crippen LogP contribution in [0.4, 0.5) is 4.39 Å². The maximum absolute atomic E-state index is 13.6. The molecule has 1 aromatic heterocycles. The van der Waals surface area contributed by atoms with E-state index >= 15 is 0 Å². The van der Waals surface area contributed by atoms with E-state index in [-0.39, 0.29) is 24.2 Å². The summed E-state index contributed by atoms with van der Waals surface area (Å²) >= 11 is 0. The molecular weight excluding hydrogens is 309 g/mol. The summed E-state index contributed by atoms with van der Waals surface area (Å²) in [5, 5.41) is 0. The smallest absolute Gasteiger partial charge is 0.248 e. The minimum atomic E-state index is -0.301. The lowest BCUT2D eigenvalue weighted by molar-refractivity contribution is -0.136. The molecule has 0 saturated carbocycles. The van der Waals surface area contributed by atoms with Crippen LogP contribution in [0.25, 0.3) is 11.3 Å². The van der Waals surface area contributed by atoms with Crippen LogP contribution >= 0.6 is 0 Å². The molecule has 1 saturated heterocycles. The van der Waals surface area contributed by atoms with Crippen LogP contribution in [0, 0.1) is 5.82 Å². The van der Waals surface area contributed by atoms with Gasteiger partial charge in [0.1, 0.15) is 12.4 Å². The standard InChI is InChI=1S/C18H20FN3O2/c1-24-12-16(23)22-9-3-5-14(11-22)18-17(20-7-8-21-18)13-4-2-6-15(19)10-13/h2,4,6-8,10,14H,3,5,9,11-12H2,1H3/t14-/m1/s1. The number of amides is 1. The Morgan fingerprint density at radius 2 is 2.21 bits per heavy atom. The quantitative estimate of drug-likeness (QED) is 0.865. The first-order valence-electron chi connectivity index (χ1n) is 8.02. The number of methoxy groups -OCH3 is 1. The minimum Gasteiger partial charge on any atom is -0.375 e. The summed E-state index contributed by atoms with van der Waals surface area (Å²) in [6, 6.07) is 6.36. The molecule has 1 atom stereocenters. The lowest BCUT2D eigenvalue weighted by Gasteiger charge is -2.33. The largest absolute Gasteiger partial charge is 0.375 e. The van der Waals surface area contributed by atoms with Crippen LogP contribution in [0.2, 0.25) is 0 Å². The van der Waals surface area contributed by atoms with E-state index in [0.717, 1.165) is 25.1 Å². The van der Waals surface area contributed by atoms with Crippen LogP contribution < -0.4 is 0 Å². The lowest BCUT2D eigenvalue weighted by Crippen LogP contribution is -2.41. The van der Waals surface area contributed by atoms with E-state index in [4.69, 9.17) is 4.74 Å². The Balaban J connectivity index is 1.88. The van der Waals surface area contributed by atoms with E-state index in [9.17, 15) is 9.18 Å². The van der Waals surface area contributed by atoms with Crippen LogP contribution in [0.3, 0.4) is 0 Å². The summed E-state index contributed by atoms with van der Waals surface area (Å²) in [5.74, 6) is -0.227. The van der Waals surface area contributed by atoms with Crippen molar-refractivity contribution in [2.45, 2.75) is 18.8 Å². The van der Waals surface area contributed by atoms with Gasteiger partial charge in [-0.1, -0.05) is 12.1 Å². The fourth-order valence-corrected chi connectivity index (χ4v) is 3.15. The number of benzene rings is 1. The van der Waals surface area contributed by atoms with E-state index in [0.29, 0.717) is 17.8 Å². The molecule has 1 aromatic carbocycles. The first-order chi connectivity index (χ1) is 11.7. The Hall–Kier alpha value is -2.34. The van der Waals surface area contributed by atoms with Crippen molar-refractivity contribution in [2.24, 2.45) is 0 Å². The molecule has 1 aliphatic rings. The van der Waals surface area contributed by atoms with Crippen molar-refractivity contribution >= 4 is 5.91 Å². The number of likely N-dealkylation sites (tertiary alicyclic amines) is 1. The van der Waals surface area contributed by atoms with Gasteiger partial charge in [0.25, 0.3) is 0 Å². The zero-order valence-corrected chi connectivity index (χ0v) is 13.6. The third kappa shape index (κ3) is 3.59. The first-order valence-corrected chi connectivity index (χ1v) is 8.02. The molecule has 24 heavy (non-hydrogen) atoms. The van der Waals surface area contributed by atoms with Gasteiger partial charge in [-0.2, -0.15) is 0 Å². The molecule has 6 heteroatoms. The summed E-state index contributed by atoms with van der Waals surface area (Å²) in [7, 11) is 1.52. The highest BCUT2D eigenvalue weighted by atomic mass is 19.1. The van der Waals surface area contributed by atoms with Gasteiger partial charge < -0.3 is 9.64 Å². The molecule has 2 aromatic rings. The van der Waals surface area contributed by atoms with E-state index < -0.39 is 0 Å². The number of carbonyl (C=O) groups excluding carboxylic acids is 1. The van der Waals surface area contributed by atoms with E-state index in [2.05, 4.69) is 9.97 Å².